The predicted octanol–water partition coefficient (Wildman–Crippen LogP) is 0.955. The molecular weight excluding hydrogens is 290 g/mol. The highest BCUT2D eigenvalue weighted by molar-refractivity contribution is 7.89. The summed E-state index contributed by atoms with van der Waals surface area (Å²) < 4.78 is 26.9. The second kappa shape index (κ2) is 5.45. The molecule has 0 spiro atoms. The minimum atomic E-state index is -3.61. The van der Waals surface area contributed by atoms with Crippen molar-refractivity contribution in [2.75, 3.05) is 18.8 Å². The van der Waals surface area contributed by atoms with Gasteiger partial charge < -0.3 is 5.73 Å². The molecule has 3 rings (SSSR count). The zero-order chi connectivity index (χ0) is 14.9. The third-order valence-electron chi connectivity index (χ3n) is 3.76. The molecule has 1 unspecified atom stereocenters. The van der Waals surface area contributed by atoms with Gasteiger partial charge in [-0.1, -0.05) is 0 Å². The summed E-state index contributed by atoms with van der Waals surface area (Å²) in [4.78, 5) is 3.94. The SMILES string of the molecule is Nc1ncccc1S(=O)(=O)N1CCCC(c2ccn[nH]2)C1. The van der Waals surface area contributed by atoms with E-state index in [2.05, 4.69) is 15.2 Å². The van der Waals surface area contributed by atoms with E-state index in [0.717, 1.165) is 18.5 Å². The van der Waals surface area contributed by atoms with Crippen LogP contribution in [-0.4, -0.2) is 41.0 Å². The van der Waals surface area contributed by atoms with Crippen molar-refractivity contribution in [2.45, 2.75) is 23.7 Å². The standard InChI is InChI=1S/C13H17N5O2S/c14-13-12(4-1-6-15-13)21(19,20)18-8-2-3-10(9-18)11-5-7-16-17-11/h1,4-7,10H,2-3,8-9H2,(H2,14,15)(H,16,17). The maximum Gasteiger partial charge on any atom is 0.246 e. The molecule has 2 aromatic rings. The molecular formula is C13H17N5O2S. The van der Waals surface area contributed by atoms with E-state index in [-0.39, 0.29) is 16.6 Å². The van der Waals surface area contributed by atoms with Gasteiger partial charge in [0.15, 0.2) is 0 Å². The zero-order valence-electron chi connectivity index (χ0n) is 11.4. The molecule has 0 bridgehead atoms. The number of aromatic amines is 1. The maximum atomic E-state index is 12.7. The number of piperidine rings is 1. The fraction of sp³-hybridized carbons (Fsp3) is 0.385. The van der Waals surface area contributed by atoms with Crippen molar-refractivity contribution < 1.29 is 8.42 Å². The minimum absolute atomic E-state index is 0.0427. The van der Waals surface area contributed by atoms with Crippen molar-refractivity contribution in [3.05, 3.63) is 36.3 Å². The van der Waals surface area contributed by atoms with E-state index in [9.17, 15) is 8.42 Å². The lowest BCUT2D eigenvalue weighted by Crippen LogP contribution is -2.39. The van der Waals surface area contributed by atoms with E-state index < -0.39 is 10.0 Å². The van der Waals surface area contributed by atoms with Crippen molar-refractivity contribution in [1.29, 1.82) is 0 Å². The number of sulfonamides is 1. The Labute approximate surface area is 123 Å². The Hall–Kier alpha value is -1.93. The first-order valence-corrected chi connectivity index (χ1v) is 8.23. The molecule has 3 heterocycles. The summed E-state index contributed by atoms with van der Waals surface area (Å²) in [7, 11) is -3.61. The Bertz CT molecular complexity index is 714. The van der Waals surface area contributed by atoms with Crippen LogP contribution in [0, 0.1) is 0 Å². The van der Waals surface area contributed by atoms with Gasteiger partial charge in [0, 0.05) is 37.1 Å². The number of nitrogen functional groups attached to an aromatic ring is 1. The largest absolute Gasteiger partial charge is 0.383 e. The third-order valence-corrected chi connectivity index (χ3v) is 5.68. The summed E-state index contributed by atoms with van der Waals surface area (Å²) in [5.41, 5.74) is 6.68. The third kappa shape index (κ3) is 2.64. The number of aromatic nitrogens is 3. The number of nitrogens with two attached hydrogens (primary N) is 1. The summed E-state index contributed by atoms with van der Waals surface area (Å²) in [6, 6.07) is 4.97. The lowest BCUT2D eigenvalue weighted by molar-refractivity contribution is 0.312. The maximum absolute atomic E-state index is 12.7. The second-order valence-corrected chi connectivity index (χ2v) is 7.01. The summed E-state index contributed by atoms with van der Waals surface area (Å²) in [5, 5.41) is 6.86. The van der Waals surface area contributed by atoms with Crippen molar-refractivity contribution in [3.63, 3.8) is 0 Å². The number of nitrogens with zero attached hydrogens (tertiary/aromatic N) is 3. The lowest BCUT2D eigenvalue weighted by Gasteiger charge is -2.31. The highest BCUT2D eigenvalue weighted by Crippen LogP contribution is 2.30. The van der Waals surface area contributed by atoms with Gasteiger partial charge in [-0.05, 0) is 31.0 Å². The van der Waals surface area contributed by atoms with Crippen LogP contribution in [0.5, 0.6) is 0 Å². The van der Waals surface area contributed by atoms with Gasteiger partial charge in [0.05, 0.1) is 0 Å². The number of rotatable bonds is 3. The van der Waals surface area contributed by atoms with Gasteiger partial charge in [0.25, 0.3) is 0 Å². The molecule has 3 N–H and O–H groups in total. The zero-order valence-corrected chi connectivity index (χ0v) is 12.3. The van der Waals surface area contributed by atoms with E-state index in [4.69, 9.17) is 5.73 Å². The van der Waals surface area contributed by atoms with Crippen LogP contribution in [0.3, 0.4) is 0 Å². The number of nitrogens with one attached hydrogen (secondary N) is 1. The average molecular weight is 307 g/mol. The fourth-order valence-corrected chi connectivity index (χ4v) is 4.26. The van der Waals surface area contributed by atoms with Crippen molar-refractivity contribution in [2.24, 2.45) is 0 Å². The van der Waals surface area contributed by atoms with Crippen LogP contribution in [0.25, 0.3) is 0 Å². The van der Waals surface area contributed by atoms with Crippen LogP contribution in [0.15, 0.2) is 35.5 Å². The summed E-state index contributed by atoms with van der Waals surface area (Å²) in [6.45, 7) is 0.931. The van der Waals surface area contributed by atoms with Crippen LogP contribution in [0.4, 0.5) is 5.82 Å². The van der Waals surface area contributed by atoms with Crippen LogP contribution >= 0.6 is 0 Å². The normalized spacial score (nSPS) is 20.5. The highest BCUT2D eigenvalue weighted by Gasteiger charge is 2.32. The van der Waals surface area contributed by atoms with Gasteiger partial charge >= 0.3 is 0 Å². The molecule has 0 saturated carbocycles. The summed E-state index contributed by atoms with van der Waals surface area (Å²) >= 11 is 0. The Balaban J connectivity index is 1.88. The number of hydrogen-bond acceptors (Lipinski definition) is 5. The van der Waals surface area contributed by atoms with Gasteiger partial charge in [-0.25, -0.2) is 13.4 Å². The number of H-pyrrole nitrogens is 1. The van der Waals surface area contributed by atoms with Crippen LogP contribution in [0.2, 0.25) is 0 Å². The van der Waals surface area contributed by atoms with Gasteiger partial charge in [-0.2, -0.15) is 9.40 Å². The number of anilines is 1. The van der Waals surface area contributed by atoms with Crippen molar-refractivity contribution in [1.82, 2.24) is 19.5 Å². The van der Waals surface area contributed by atoms with E-state index >= 15 is 0 Å². The molecule has 1 aliphatic rings. The topological polar surface area (TPSA) is 105 Å². The Morgan fingerprint density at radius 3 is 2.90 bits per heavy atom. The van der Waals surface area contributed by atoms with Gasteiger partial charge in [0.1, 0.15) is 10.7 Å². The molecule has 2 aromatic heterocycles. The number of hydrogen-bond donors (Lipinski definition) is 2. The molecule has 1 aliphatic heterocycles. The first kappa shape index (κ1) is 14.0. The molecule has 8 heteroatoms. The van der Waals surface area contributed by atoms with Crippen LogP contribution < -0.4 is 5.73 Å². The predicted molar refractivity (Wildman–Crippen MR) is 78.0 cm³/mol. The van der Waals surface area contributed by atoms with E-state index in [0.29, 0.717) is 13.1 Å². The van der Waals surface area contributed by atoms with Crippen LogP contribution in [0.1, 0.15) is 24.5 Å². The molecule has 1 fully saturated rings. The first-order valence-electron chi connectivity index (χ1n) is 6.79. The molecule has 0 aliphatic carbocycles. The molecule has 0 amide bonds. The number of pyridine rings is 1. The van der Waals surface area contributed by atoms with Gasteiger partial charge in [-0.3, -0.25) is 5.10 Å². The molecule has 7 nitrogen and oxygen atoms in total. The molecule has 1 saturated heterocycles. The van der Waals surface area contributed by atoms with Crippen LogP contribution in [-0.2, 0) is 10.0 Å². The van der Waals surface area contributed by atoms with E-state index in [1.165, 1.54) is 16.6 Å². The van der Waals surface area contributed by atoms with Crippen molar-refractivity contribution >= 4 is 15.8 Å². The van der Waals surface area contributed by atoms with E-state index in [1.54, 1.807) is 12.3 Å². The second-order valence-electron chi connectivity index (χ2n) is 5.10. The lowest BCUT2D eigenvalue weighted by atomic mass is 9.96. The Morgan fingerprint density at radius 1 is 1.33 bits per heavy atom. The first-order chi connectivity index (χ1) is 10.1. The monoisotopic (exact) mass is 307 g/mol. The van der Waals surface area contributed by atoms with Crippen molar-refractivity contribution in [3.8, 4) is 0 Å². The van der Waals surface area contributed by atoms with Gasteiger partial charge in [-0.15, -0.1) is 0 Å². The Morgan fingerprint density at radius 2 is 2.19 bits per heavy atom. The molecule has 0 radical (unpaired) electrons. The fourth-order valence-electron chi connectivity index (χ4n) is 2.67. The summed E-state index contributed by atoms with van der Waals surface area (Å²) in [5.74, 6) is 0.176. The molecule has 1 atom stereocenters. The minimum Gasteiger partial charge on any atom is -0.383 e. The smallest absolute Gasteiger partial charge is 0.246 e. The average Bonchev–Trinajstić information content (AvgIpc) is 3.02. The quantitative estimate of drug-likeness (QED) is 0.878. The van der Waals surface area contributed by atoms with Gasteiger partial charge in [0.2, 0.25) is 10.0 Å². The highest BCUT2D eigenvalue weighted by atomic mass is 32.2. The Kier molecular flexibility index (Phi) is 3.64. The van der Waals surface area contributed by atoms with E-state index in [1.807, 2.05) is 6.07 Å². The summed E-state index contributed by atoms with van der Waals surface area (Å²) in [6.07, 6.45) is 4.92. The molecule has 0 aromatic carbocycles. The molecule has 21 heavy (non-hydrogen) atoms. The molecule has 112 valence electrons.